The predicted molar refractivity (Wildman–Crippen MR) is 114 cm³/mol. The molecular weight excluding hydrogens is 400 g/mol. The van der Waals surface area contributed by atoms with E-state index >= 15 is 0 Å². The summed E-state index contributed by atoms with van der Waals surface area (Å²) in [6, 6.07) is 9.88. The van der Waals surface area contributed by atoms with Gasteiger partial charge in [-0.1, -0.05) is 44.2 Å². The third-order valence-corrected chi connectivity index (χ3v) is 7.75. The lowest BCUT2D eigenvalue weighted by Crippen LogP contribution is -2.39. The summed E-state index contributed by atoms with van der Waals surface area (Å²) in [5, 5.41) is 0.0838. The van der Waals surface area contributed by atoms with Crippen molar-refractivity contribution in [2.24, 2.45) is 13.0 Å². The monoisotopic (exact) mass is 428 g/mol. The fourth-order valence-corrected chi connectivity index (χ4v) is 5.78. The molecule has 3 heterocycles. The van der Waals surface area contributed by atoms with Crippen molar-refractivity contribution in [1.29, 1.82) is 0 Å². The van der Waals surface area contributed by atoms with E-state index in [0.717, 1.165) is 16.7 Å². The number of sulfonamides is 1. The van der Waals surface area contributed by atoms with Crippen molar-refractivity contribution in [1.82, 2.24) is 18.8 Å². The number of aryl methyl sites for hydroxylation is 2. The van der Waals surface area contributed by atoms with Crippen LogP contribution in [0.1, 0.15) is 31.2 Å². The number of amides is 1. The topological polar surface area (TPSA) is 75.5 Å². The van der Waals surface area contributed by atoms with Gasteiger partial charge in [0.15, 0.2) is 5.03 Å². The zero-order chi connectivity index (χ0) is 21.6. The zero-order valence-corrected chi connectivity index (χ0v) is 18.7. The molecule has 1 amide bonds. The number of carbonyl (C=O) groups excluding carboxylic acids is 1. The van der Waals surface area contributed by atoms with Crippen molar-refractivity contribution >= 4 is 15.9 Å². The normalized spacial score (nSPS) is 18.4. The van der Waals surface area contributed by atoms with E-state index in [1.54, 1.807) is 24.7 Å². The van der Waals surface area contributed by atoms with Gasteiger partial charge < -0.3 is 9.47 Å². The average molecular weight is 429 g/mol. The first kappa shape index (κ1) is 20.8. The minimum Gasteiger partial charge on any atom is -0.337 e. The second-order valence-corrected chi connectivity index (χ2v) is 10.4. The smallest absolute Gasteiger partial charge is 0.262 e. The van der Waals surface area contributed by atoms with Crippen LogP contribution in [-0.4, -0.2) is 59.3 Å². The van der Waals surface area contributed by atoms with E-state index in [2.05, 4.69) is 18.8 Å². The van der Waals surface area contributed by atoms with Gasteiger partial charge in [-0.3, -0.25) is 4.79 Å². The Balaban J connectivity index is 1.46. The fraction of sp³-hybridized carbons (Fsp3) is 0.455. The average Bonchev–Trinajstić information content (AvgIpc) is 3.36. The second-order valence-electron chi connectivity index (χ2n) is 8.54. The Kier molecular flexibility index (Phi) is 5.32. The number of aromatic nitrogens is 2. The molecule has 8 heteroatoms. The molecule has 2 aliphatic rings. The van der Waals surface area contributed by atoms with Gasteiger partial charge in [0.1, 0.15) is 5.82 Å². The molecule has 0 radical (unpaired) electrons. The Morgan fingerprint density at radius 3 is 2.13 bits per heavy atom. The highest BCUT2D eigenvalue weighted by Crippen LogP contribution is 2.33. The van der Waals surface area contributed by atoms with Crippen LogP contribution in [0.5, 0.6) is 0 Å². The Morgan fingerprint density at radius 1 is 1.03 bits per heavy atom. The molecule has 0 bridgehead atoms. The van der Waals surface area contributed by atoms with Crippen LogP contribution in [0.25, 0.3) is 0 Å². The summed E-state index contributed by atoms with van der Waals surface area (Å²) >= 11 is 0. The first-order valence-corrected chi connectivity index (χ1v) is 11.7. The number of hydrogen-bond acceptors (Lipinski definition) is 4. The summed E-state index contributed by atoms with van der Waals surface area (Å²) in [5.41, 5.74) is 3.10. The lowest BCUT2D eigenvalue weighted by atomic mass is 9.87. The van der Waals surface area contributed by atoms with Gasteiger partial charge in [-0.15, -0.1) is 0 Å². The van der Waals surface area contributed by atoms with E-state index in [1.165, 1.54) is 4.31 Å². The van der Waals surface area contributed by atoms with E-state index in [-0.39, 0.29) is 22.8 Å². The number of imidazole rings is 1. The maximum Gasteiger partial charge on any atom is 0.262 e. The van der Waals surface area contributed by atoms with Crippen LogP contribution in [0, 0.1) is 12.8 Å². The Hall–Kier alpha value is -2.45. The van der Waals surface area contributed by atoms with Crippen molar-refractivity contribution < 1.29 is 13.2 Å². The molecule has 4 rings (SSSR count). The number of rotatable bonds is 5. The molecule has 1 atom stereocenters. The van der Waals surface area contributed by atoms with Gasteiger partial charge in [0.25, 0.3) is 10.0 Å². The molecule has 2 aliphatic heterocycles. The Labute approximate surface area is 178 Å². The van der Waals surface area contributed by atoms with Crippen LogP contribution >= 0.6 is 0 Å². The summed E-state index contributed by atoms with van der Waals surface area (Å²) in [7, 11) is -1.85. The number of benzene rings is 1. The molecule has 0 saturated heterocycles. The van der Waals surface area contributed by atoms with Crippen LogP contribution < -0.4 is 0 Å². The molecule has 160 valence electrons. The fourth-order valence-electron chi connectivity index (χ4n) is 4.32. The van der Waals surface area contributed by atoms with Crippen LogP contribution in [0.4, 0.5) is 0 Å². The molecule has 7 nitrogen and oxygen atoms in total. The van der Waals surface area contributed by atoms with Gasteiger partial charge in [-0.2, -0.15) is 4.31 Å². The molecule has 0 fully saturated rings. The number of carbonyl (C=O) groups is 1. The second kappa shape index (κ2) is 7.67. The molecule has 0 unspecified atom stereocenters. The third kappa shape index (κ3) is 3.58. The predicted octanol–water partition coefficient (Wildman–Crippen LogP) is 2.31. The number of nitrogens with zero attached hydrogens (tertiary/aromatic N) is 4. The van der Waals surface area contributed by atoms with Crippen molar-refractivity contribution in [2.75, 3.05) is 26.2 Å². The highest BCUT2D eigenvalue weighted by atomic mass is 32.2. The molecule has 0 aliphatic carbocycles. The quantitative estimate of drug-likeness (QED) is 0.685. The first-order chi connectivity index (χ1) is 14.2. The summed E-state index contributed by atoms with van der Waals surface area (Å²) < 4.78 is 29.1. The highest BCUT2D eigenvalue weighted by Gasteiger charge is 2.40. The summed E-state index contributed by atoms with van der Waals surface area (Å²) in [5.74, 6) is 0.758. The molecule has 0 spiro atoms. The lowest BCUT2D eigenvalue weighted by Gasteiger charge is -2.28. The standard InChI is InChI=1S/C22H28N4O3S/c1-15(2)21(17-8-6-5-7-9-17)22(27)25-10-18-12-26(13-19(18)11-25)30(28,29)20-14-24(4)16(3)23-20/h5-9,14-15,21H,10-13H2,1-4H3/t21-/m1/s1. The Bertz CT molecular complexity index is 1070. The maximum absolute atomic E-state index is 13.3. The van der Waals surface area contributed by atoms with E-state index < -0.39 is 10.0 Å². The largest absolute Gasteiger partial charge is 0.337 e. The van der Waals surface area contributed by atoms with Gasteiger partial charge in [0, 0.05) is 39.4 Å². The lowest BCUT2D eigenvalue weighted by molar-refractivity contribution is -0.132. The van der Waals surface area contributed by atoms with Crippen molar-refractivity contribution in [3.8, 4) is 0 Å². The molecule has 2 aromatic rings. The SMILES string of the molecule is Cc1nc(S(=O)(=O)N2CC3=C(CN(C(=O)[C@@H](c4ccccc4)C(C)C)C3)C2)cn1C. The zero-order valence-electron chi connectivity index (χ0n) is 17.9. The molecule has 0 saturated carbocycles. The molecule has 30 heavy (non-hydrogen) atoms. The first-order valence-electron chi connectivity index (χ1n) is 10.2. The minimum atomic E-state index is -3.64. The van der Waals surface area contributed by atoms with E-state index in [4.69, 9.17) is 0 Å². The van der Waals surface area contributed by atoms with Gasteiger partial charge in [0.05, 0.1) is 5.92 Å². The highest BCUT2D eigenvalue weighted by molar-refractivity contribution is 7.89. The van der Waals surface area contributed by atoms with Crippen LogP contribution in [0.3, 0.4) is 0 Å². The van der Waals surface area contributed by atoms with Crippen molar-refractivity contribution in [2.45, 2.75) is 31.7 Å². The molecule has 0 N–H and O–H groups in total. The van der Waals surface area contributed by atoms with E-state index in [1.807, 2.05) is 35.2 Å². The van der Waals surface area contributed by atoms with Gasteiger partial charge in [-0.25, -0.2) is 13.4 Å². The number of hydrogen-bond donors (Lipinski definition) is 0. The van der Waals surface area contributed by atoms with Gasteiger partial charge in [-0.05, 0) is 29.6 Å². The summed E-state index contributed by atoms with van der Waals surface area (Å²) in [6.07, 6.45) is 1.55. The summed E-state index contributed by atoms with van der Waals surface area (Å²) in [6.45, 7) is 7.56. The van der Waals surface area contributed by atoms with Crippen LogP contribution in [0.2, 0.25) is 0 Å². The van der Waals surface area contributed by atoms with Crippen molar-refractivity contribution in [3.05, 3.63) is 59.1 Å². The maximum atomic E-state index is 13.3. The van der Waals surface area contributed by atoms with Gasteiger partial charge in [0.2, 0.25) is 5.91 Å². The molecular formula is C22H28N4O3S. The van der Waals surface area contributed by atoms with E-state index in [9.17, 15) is 13.2 Å². The van der Waals surface area contributed by atoms with Gasteiger partial charge >= 0.3 is 0 Å². The molecule has 1 aromatic carbocycles. The third-order valence-electron chi connectivity index (χ3n) is 6.09. The van der Waals surface area contributed by atoms with Crippen molar-refractivity contribution in [3.63, 3.8) is 0 Å². The summed E-state index contributed by atoms with van der Waals surface area (Å²) in [4.78, 5) is 19.4. The minimum absolute atomic E-state index is 0.0838. The van der Waals surface area contributed by atoms with E-state index in [0.29, 0.717) is 32.0 Å². The Morgan fingerprint density at radius 2 is 1.63 bits per heavy atom. The van der Waals surface area contributed by atoms with Crippen LogP contribution in [-0.2, 0) is 21.9 Å². The molecule has 1 aromatic heterocycles. The van der Waals surface area contributed by atoms with Crippen LogP contribution in [0.15, 0.2) is 52.7 Å².